The van der Waals surface area contributed by atoms with Crippen molar-refractivity contribution in [2.75, 3.05) is 39.8 Å². The van der Waals surface area contributed by atoms with Crippen LogP contribution in [0.3, 0.4) is 0 Å². The molecule has 0 aromatic rings. The highest BCUT2D eigenvalue weighted by Crippen LogP contribution is 2.14. The van der Waals surface area contributed by atoms with Crippen LogP contribution in [-0.4, -0.2) is 50.6 Å². The highest BCUT2D eigenvalue weighted by atomic mass is 15.2. The number of hydrogen-bond acceptors (Lipinski definition) is 2. The predicted octanol–water partition coefficient (Wildman–Crippen LogP) is 0.679. The third kappa shape index (κ3) is 4.23. The lowest BCUT2D eigenvalue weighted by Gasteiger charge is -2.15. The Morgan fingerprint density at radius 3 is 2.94 bits per heavy atom. The topological polar surface area (TPSA) is 39.7 Å². The molecule has 1 heterocycles. The van der Waals surface area contributed by atoms with Crippen LogP contribution in [0.4, 0.5) is 0 Å². The Morgan fingerprint density at radius 2 is 2.38 bits per heavy atom. The van der Waals surface area contributed by atoms with Gasteiger partial charge in [0.25, 0.3) is 0 Å². The lowest BCUT2D eigenvalue weighted by Crippen LogP contribution is -2.40. The zero-order valence-electron chi connectivity index (χ0n) is 10.5. The Labute approximate surface area is 98.8 Å². The molecule has 0 saturated carbocycles. The van der Waals surface area contributed by atoms with Gasteiger partial charge in [0, 0.05) is 26.7 Å². The van der Waals surface area contributed by atoms with E-state index in [9.17, 15) is 0 Å². The maximum absolute atomic E-state index is 4.16. The Bertz CT molecular complexity index is 237. The van der Waals surface area contributed by atoms with Crippen molar-refractivity contribution in [3.63, 3.8) is 0 Å². The maximum Gasteiger partial charge on any atom is 0.191 e. The zero-order chi connectivity index (χ0) is 11.8. The molecule has 4 heteroatoms. The van der Waals surface area contributed by atoms with Gasteiger partial charge in [-0.1, -0.05) is 13.0 Å². The molecule has 4 nitrogen and oxygen atoms in total. The van der Waals surface area contributed by atoms with E-state index in [-0.39, 0.29) is 0 Å². The molecular weight excluding hydrogens is 200 g/mol. The van der Waals surface area contributed by atoms with Gasteiger partial charge in [-0.3, -0.25) is 4.99 Å². The normalized spacial score (nSPS) is 22.1. The average Bonchev–Trinajstić information content (AvgIpc) is 2.77. The summed E-state index contributed by atoms with van der Waals surface area (Å²) in [5, 5.41) is 6.53. The van der Waals surface area contributed by atoms with Crippen molar-refractivity contribution in [2.45, 2.75) is 13.3 Å². The summed E-state index contributed by atoms with van der Waals surface area (Å²) < 4.78 is 0. The van der Waals surface area contributed by atoms with E-state index in [1.54, 1.807) is 7.05 Å². The first-order chi connectivity index (χ1) is 7.80. The van der Waals surface area contributed by atoms with E-state index in [0.29, 0.717) is 0 Å². The van der Waals surface area contributed by atoms with Crippen LogP contribution in [0.2, 0.25) is 0 Å². The molecule has 0 aromatic carbocycles. The van der Waals surface area contributed by atoms with E-state index in [4.69, 9.17) is 0 Å². The Hall–Kier alpha value is -1.03. The van der Waals surface area contributed by atoms with Gasteiger partial charge in [0.05, 0.1) is 0 Å². The lowest BCUT2D eigenvalue weighted by atomic mass is 10.1. The standard InChI is InChI=1S/C12H24N4/c1-4-7-14-12(13-3)15-9-11-6-8-16(5-2)10-11/h4,11H,1,5-10H2,2-3H3,(H2,13,14,15). The molecule has 16 heavy (non-hydrogen) atoms. The van der Waals surface area contributed by atoms with Gasteiger partial charge in [0.15, 0.2) is 5.96 Å². The van der Waals surface area contributed by atoms with Crippen LogP contribution in [0, 0.1) is 5.92 Å². The Balaban J connectivity index is 2.20. The van der Waals surface area contributed by atoms with Crippen molar-refractivity contribution in [1.29, 1.82) is 0 Å². The predicted molar refractivity (Wildman–Crippen MR) is 69.8 cm³/mol. The van der Waals surface area contributed by atoms with Crippen LogP contribution in [0.15, 0.2) is 17.6 Å². The molecule has 0 spiro atoms. The summed E-state index contributed by atoms with van der Waals surface area (Å²) in [4.78, 5) is 6.65. The van der Waals surface area contributed by atoms with Crippen molar-refractivity contribution in [1.82, 2.24) is 15.5 Å². The van der Waals surface area contributed by atoms with Crippen LogP contribution >= 0.6 is 0 Å². The summed E-state index contributed by atoms with van der Waals surface area (Å²) in [5.41, 5.74) is 0. The minimum absolute atomic E-state index is 0.752. The van der Waals surface area contributed by atoms with Crippen LogP contribution < -0.4 is 10.6 Å². The summed E-state index contributed by atoms with van der Waals surface area (Å²) in [7, 11) is 1.80. The summed E-state index contributed by atoms with van der Waals surface area (Å²) in [6.45, 7) is 11.3. The van der Waals surface area contributed by atoms with Crippen molar-refractivity contribution >= 4 is 5.96 Å². The molecular formula is C12H24N4. The van der Waals surface area contributed by atoms with Gasteiger partial charge in [0.2, 0.25) is 0 Å². The van der Waals surface area contributed by atoms with E-state index >= 15 is 0 Å². The first-order valence-corrected chi connectivity index (χ1v) is 6.07. The van der Waals surface area contributed by atoms with E-state index < -0.39 is 0 Å². The number of nitrogens with zero attached hydrogens (tertiary/aromatic N) is 2. The summed E-state index contributed by atoms with van der Waals surface area (Å²) in [5.74, 6) is 1.62. The van der Waals surface area contributed by atoms with E-state index in [1.807, 2.05) is 6.08 Å². The first-order valence-electron chi connectivity index (χ1n) is 6.07. The van der Waals surface area contributed by atoms with Gasteiger partial charge >= 0.3 is 0 Å². The maximum atomic E-state index is 4.16. The van der Waals surface area contributed by atoms with Gasteiger partial charge in [0.1, 0.15) is 0 Å². The minimum Gasteiger partial charge on any atom is -0.356 e. The molecule has 1 atom stereocenters. The molecule has 2 N–H and O–H groups in total. The molecule has 1 rings (SSSR count). The molecule has 1 aliphatic heterocycles. The number of likely N-dealkylation sites (tertiary alicyclic amines) is 1. The minimum atomic E-state index is 0.752. The number of rotatable bonds is 5. The van der Waals surface area contributed by atoms with Crippen molar-refractivity contribution in [3.8, 4) is 0 Å². The Kier molecular flexibility index (Phi) is 5.93. The summed E-state index contributed by atoms with van der Waals surface area (Å²) >= 11 is 0. The van der Waals surface area contributed by atoms with Crippen LogP contribution in [0.5, 0.6) is 0 Å². The van der Waals surface area contributed by atoms with Gasteiger partial charge in [-0.05, 0) is 25.4 Å². The smallest absolute Gasteiger partial charge is 0.191 e. The second-order valence-electron chi connectivity index (χ2n) is 4.17. The molecule has 1 unspecified atom stereocenters. The van der Waals surface area contributed by atoms with Gasteiger partial charge in [-0.15, -0.1) is 6.58 Å². The third-order valence-corrected chi connectivity index (χ3v) is 3.01. The van der Waals surface area contributed by atoms with Gasteiger partial charge < -0.3 is 15.5 Å². The third-order valence-electron chi connectivity index (χ3n) is 3.01. The molecule has 1 saturated heterocycles. The second-order valence-corrected chi connectivity index (χ2v) is 4.17. The molecule has 92 valence electrons. The zero-order valence-corrected chi connectivity index (χ0v) is 10.5. The summed E-state index contributed by atoms with van der Waals surface area (Å²) in [6, 6.07) is 0. The number of guanidine groups is 1. The van der Waals surface area contributed by atoms with Crippen molar-refractivity contribution in [2.24, 2.45) is 10.9 Å². The fraction of sp³-hybridized carbons (Fsp3) is 0.750. The molecule has 0 bridgehead atoms. The number of hydrogen-bond donors (Lipinski definition) is 2. The largest absolute Gasteiger partial charge is 0.356 e. The first kappa shape index (κ1) is 13.0. The lowest BCUT2D eigenvalue weighted by molar-refractivity contribution is 0.342. The quantitative estimate of drug-likeness (QED) is 0.410. The van der Waals surface area contributed by atoms with Crippen molar-refractivity contribution in [3.05, 3.63) is 12.7 Å². The van der Waals surface area contributed by atoms with E-state index in [1.165, 1.54) is 26.1 Å². The van der Waals surface area contributed by atoms with Gasteiger partial charge in [-0.2, -0.15) is 0 Å². The van der Waals surface area contributed by atoms with E-state index in [2.05, 4.69) is 34.0 Å². The second kappa shape index (κ2) is 7.28. The molecule has 0 aliphatic carbocycles. The molecule has 1 aliphatic rings. The van der Waals surface area contributed by atoms with Crippen LogP contribution in [0.25, 0.3) is 0 Å². The van der Waals surface area contributed by atoms with E-state index in [0.717, 1.165) is 25.0 Å². The highest BCUT2D eigenvalue weighted by Gasteiger charge is 2.20. The molecule has 0 radical (unpaired) electrons. The monoisotopic (exact) mass is 224 g/mol. The SMILES string of the molecule is C=CCNC(=NC)NCC1CCN(CC)C1. The van der Waals surface area contributed by atoms with Crippen LogP contribution in [0.1, 0.15) is 13.3 Å². The fourth-order valence-electron chi connectivity index (χ4n) is 2.00. The molecule has 1 fully saturated rings. The molecule has 0 aromatic heterocycles. The fourth-order valence-corrected chi connectivity index (χ4v) is 2.00. The average molecular weight is 224 g/mol. The Morgan fingerprint density at radius 1 is 1.56 bits per heavy atom. The van der Waals surface area contributed by atoms with Crippen molar-refractivity contribution < 1.29 is 0 Å². The number of aliphatic imine (C=N–C) groups is 1. The number of nitrogens with one attached hydrogen (secondary N) is 2. The van der Waals surface area contributed by atoms with Gasteiger partial charge in [-0.25, -0.2) is 0 Å². The van der Waals surface area contributed by atoms with Crippen LogP contribution in [-0.2, 0) is 0 Å². The highest BCUT2D eigenvalue weighted by molar-refractivity contribution is 5.79. The summed E-state index contributed by atoms with van der Waals surface area (Å²) in [6.07, 6.45) is 3.13. The molecule has 0 amide bonds.